The molecule has 0 aromatic heterocycles. The Kier molecular flexibility index (Phi) is 18.9. The molecule has 0 radical (unpaired) electrons. The molecule has 4 heteroatoms. The van der Waals surface area contributed by atoms with Gasteiger partial charge in [-0.25, -0.2) is 0 Å². The summed E-state index contributed by atoms with van der Waals surface area (Å²) in [6.45, 7) is 12.3. The average molecular weight is 439 g/mol. The van der Waals surface area contributed by atoms with Crippen LogP contribution in [-0.4, -0.2) is 36.3 Å². The second-order valence-corrected chi connectivity index (χ2v) is 9.77. The van der Waals surface area contributed by atoms with Gasteiger partial charge < -0.3 is 10.2 Å². The molecule has 2 amide bonds. The van der Waals surface area contributed by atoms with Crippen molar-refractivity contribution in [2.75, 3.05) is 19.6 Å². The maximum atomic E-state index is 13.0. The van der Waals surface area contributed by atoms with Crippen LogP contribution in [0.4, 0.5) is 0 Å². The number of nitrogens with zero attached hydrogens (tertiary/aromatic N) is 1. The summed E-state index contributed by atoms with van der Waals surface area (Å²) < 4.78 is 0. The lowest BCUT2D eigenvalue weighted by Crippen LogP contribution is -2.50. The van der Waals surface area contributed by atoms with Crippen LogP contribution in [0.1, 0.15) is 137 Å². The molecule has 0 aliphatic carbocycles. The normalized spacial score (nSPS) is 11.5. The van der Waals surface area contributed by atoms with Crippen molar-refractivity contribution in [3.8, 4) is 0 Å². The zero-order chi connectivity index (χ0) is 23.4. The second-order valence-electron chi connectivity index (χ2n) is 9.77. The summed E-state index contributed by atoms with van der Waals surface area (Å²) in [4.78, 5) is 27.6. The number of carbonyl (C=O) groups excluding carboxylic acids is 2. The van der Waals surface area contributed by atoms with Crippen LogP contribution in [0.3, 0.4) is 0 Å². The Morgan fingerprint density at radius 3 is 1.42 bits per heavy atom. The maximum absolute atomic E-state index is 13.0. The molecule has 0 bridgehead atoms. The Labute approximate surface area is 194 Å². The molecule has 0 unspecified atom stereocenters. The zero-order valence-electron chi connectivity index (χ0n) is 21.7. The molecule has 4 nitrogen and oxygen atoms in total. The van der Waals surface area contributed by atoms with Crippen molar-refractivity contribution in [1.82, 2.24) is 10.2 Å². The lowest BCUT2D eigenvalue weighted by Gasteiger charge is -2.31. The molecule has 31 heavy (non-hydrogen) atoms. The summed E-state index contributed by atoms with van der Waals surface area (Å²) in [5, 5.41) is 3.02. The Hall–Kier alpha value is -1.06. The Morgan fingerprint density at radius 1 is 0.613 bits per heavy atom. The summed E-state index contributed by atoms with van der Waals surface area (Å²) in [6.07, 6.45) is 19.8. The van der Waals surface area contributed by atoms with Crippen LogP contribution in [0.15, 0.2) is 0 Å². The van der Waals surface area contributed by atoms with Crippen LogP contribution >= 0.6 is 0 Å². The van der Waals surface area contributed by atoms with Crippen molar-refractivity contribution in [3.05, 3.63) is 0 Å². The topological polar surface area (TPSA) is 49.4 Å². The van der Waals surface area contributed by atoms with Gasteiger partial charge in [0.15, 0.2) is 0 Å². The van der Waals surface area contributed by atoms with Gasteiger partial charge in [0.2, 0.25) is 11.8 Å². The van der Waals surface area contributed by atoms with Crippen molar-refractivity contribution in [1.29, 1.82) is 0 Å². The van der Waals surface area contributed by atoms with Crippen molar-refractivity contribution < 1.29 is 9.59 Å². The summed E-state index contributed by atoms with van der Waals surface area (Å²) in [5.41, 5.74) is -0.987. The SMILES string of the molecule is CCCCCCCCCCCCCCNC(=O)C(C)(C)C(=O)N(CCCC)CCCC. The number of hydrogen-bond donors (Lipinski definition) is 1. The molecule has 0 atom stereocenters. The first-order chi connectivity index (χ1) is 14.9. The molecule has 0 saturated heterocycles. The maximum Gasteiger partial charge on any atom is 0.237 e. The molecule has 0 rings (SSSR count). The van der Waals surface area contributed by atoms with Gasteiger partial charge in [0, 0.05) is 19.6 Å². The van der Waals surface area contributed by atoms with Crippen LogP contribution < -0.4 is 5.32 Å². The minimum absolute atomic E-state index is 0.0263. The first-order valence-corrected chi connectivity index (χ1v) is 13.5. The highest BCUT2D eigenvalue weighted by atomic mass is 16.2. The van der Waals surface area contributed by atoms with Gasteiger partial charge >= 0.3 is 0 Å². The molecular formula is C27H54N2O2. The van der Waals surface area contributed by atoms with E-state index in [9.17, 15) is 9.59 Å². The zero-order valence-corrected chi connectivity index (χ0v) is 21.7. The highest BCUT2D eigenvalue weighted by Crippen LogP contribution is 2.20. The van der Waals surface area contributed by atoms with Crippen LogP contribution in [0.5, 0.6) is 0 Å². The van der Waals surface area contributed by atoms with E-state index < -0.39 is 5.41 Å². The smallest absolute Gasteiger partial charge is 0.237 e. The number of hydrogen-bond acceptors (Lipinski definition) is 2. The summed E-state index contributed by atoms with van der Waals surface area (Å²) in [6, 6.07) is 0. The Morgan fingerprint density at radius 2 is 1.00 bits per heavy atom. The molecule has 184 valence electrons. The molecule has 0 saturated carbocycles. The predicted octanol–water partition coefficient (Wildman–Crippen LogP) is 7.26. The van der Waals surface area contributed by atoms with Gasteiger partial charge in [0.1, 0.15) is 5.41 Å². The fourth-order valence-corrected chi connectivity index (χ4v) is 3.89. The molecule has 0 aliphatic heterocycles. The quantitative estimate of drug-likeness (QED) is 0.151. The van der Waals surface area contributed by atoms with E-state index in [0.717, 1.165) is 51.6 Å². The van der Waals surface area contributed by atoms with Gasteiger partial charge in [-0.15, -0.1) is 0 Å². The molecule has 0 fully saturated rings. The van der Waals surface area contributed by atoms with Crippen molar-refractivity contribution in [2.45, 2.75) is 137 Å². The number of unbranched alkanes of at least 4 members (excludes halogenated alkanes) is 13. The van der Waals surface area contributed by atoms with Crippen LogP contribution in [0.25, 0.3) is 0 Å². The van der Waals surface area contributed by atoms with E-state index in [1.807, 2.05) is 4.90 Å². The number of rotatable bonds is 21. The summed E-state index contributed by atoms with van der Waals surface area (Å²) in [5.74, 6) is -0.153. The fourth-order valence-electron chi connectivity index (χ4n) is 3.89. The molecule has 0 aromatic rings. The van der Waals surface area contributed by atoms with Gasteiger partial charge in [-0.2, -0.15) is 0 Å². The number of amides is 2. The minimum Gasteiger partial charge on any atom is -0.355 e. The molecule has 0 aliphatic rings. The second kappa shape index (κ2) is 19.6. The largest absolute Gasteiger partial charge is 0.355 e. The predicted molar refractivity (Wildman–Crippen MR) is 134 cm³/mol. The standard InChI is InChI=1S/C27H54N2O2/c1-6-9-12-13-14-15-16-17-18-19-20-21-22-28-25(30)27(4,5)26(31)29(23-10-7-2)24-11-8-3/h6-24H2,1-5H3,(H,28,30). The molecule has 0 aromatic carbocycles. The van der Waals surface area contributed by atoms with Gasteiger partial charge in [-0.05, 0) is 33.1 Å². The van der Waals surface area contributed by atoms with E-state index >= 15 is 0 Å². The van der Waals surface area contributed by atoms with Crippen LogP contribution in [0.2, 0.25) is 0 Å². The van der Waals surface area contributed by atoms with Crippen molar-refractivity contribution >= 4 is 11.8 Å². The Bertz CT molecular complexity index is 441. The van der Waals surface area contributed by atoms with Gasteiger partial charge in [-0.3, -0.25) is 9.59 Å². The molecule has 0 spiro atoms. The third-order valence-electron chi connectivity index (χ3n) is 6.27. The first-order valence-electron chi connectivity index (χ1n) is 13.5. The third kappa shape index (κ3) is 14.6. The van der Waals surface area contributed by atoms with Gasteiger partial charge in [0.05, 0.1) is 0 Å². The number of carbonyl (C=O) groups is 2. The fraction of sp³-hybridized carbons (Fsp3) is 0.926. The lowest BCUT2D eigenvalue weighted by molar-refractivity contribution is -0.148. The average Bonchev–Trinajstić information content (AvgIpc) is 2.76. The monoisotopic (exact) mass is 438 g/mol. The van der Waals surface area contributed by atoms with Crippen molar-refractivity contribution in [3.63, 3.8) is 0 Å². The molecular weight excluding hydrogens is 384 g/mol. The van der Waals surface area contributed by atoms with E-state index in [1.54, 1.807) is 13.8 Å². The third-order valence-corrected chi connectivity index (χ3v) is 6.27. The first kappa shape index (κ1) is 29.9. The minimum atomic E-state index is -0.987. The van der Waals surface area contributed by atoms with E-state index in [1.165, 1.54) is 64.2 Å². The number of nitrogens with one attached hydrogen (secondary N) is 1. The van der Waals surface area contributed by atoms with Gasteiger partial charge in [-0.1, -0.05) is 104 Å². The molecule has 0 heterocycles. The van der Waals surface area contributed by atoms with E-state index in [4.69, 9.17) is 0 Å². The van der Waals surface area contributed by atoms with Crippen LogP contribution in [0, 0.1) is 5.41 Å². The summed E-state index contributed by atoms with van der Waals surface area (Å²) in [7, 11) is 0. The van der Waals surface area contributed by atoms with Gasteiger partial charge in [0.25, 0.3) is 0 Å². The highest BCUT2D eigenvalue weighted by Gasteiger charge is 2.38. The van der Waals surface area contributed by atoms with Crippen LogP contribution in [-0.2, 0) is 9.59 Å². The van der Waals surface area contributed by atoms with Crippen molar-refractivity contribution in [2.24, 2.45) is 5.41 Å². The van der Waals surface area contributed by atoms with E-state index in [-0.39, 0.29) is 11.8 Å². The molecule has 1 N–H and O–H groups in total. The Balaban J connectivity index is 3.98. The lowest BCUT2D eigenvalue weighted by atomic mass is 9.90. The van der Waals surface area contributed by atoms with E-state index in [2.05, 4.69) is 26.1 Å². The highest BCUT2D eigenvalue weighted by molar-refractivity contribution is 6.04. The summed E-state index contributed by atoms with van der Waals surface area (Å²) >= 11 is 0. The van der Waals surface area contributed by atoms with E-state index in [0.29, 0.717) is 6.54 Å².